The molecule has 7 nitrogen and oxygen atoms in total. The van der Waals surface area contributed by atoms with Gasteiger partial charge in [0.15, 0.2) is 5.96 Å². The number of hydrogen-bond donors (Lipinski definition) is 2. The summed E-state index contributed by atoms with van der Waals surface area (Å²) in [6, 6.07) is 6.18. The van der Waals surface area contributed by atoms with Gasteiger partial charge in [-0.05, 0) is 38.3 Å². The Labute approximate surface area is 192 Å². The van der Waals surface area contributed by atoms with Crippen LogP contribution in [0.4, 0.5) is 0 Å². The van der Waals surface area contributed by atoms with Gasteiger partial charge in [-0.15, -0.1) is 24.0 Å². The van der Waals surface area contributed by atoms with Crippen molar-refractivity contribution in [3.05, 3.63) is 29.3 Å². The number of guanidine groups is 1. The van der Waals surface area contributed by atoms with Crippen LogP contribution in [0.5, 0.6) is 5.75 Å². The van der Waals surface area contributed by atoms with E-state index in [1.54, 1.807) is 7.11 Å². The third-order valence-electron chi connectivity index (χ3n) is 4.05. The van der Waals surface area contributed by atoms with Crippen molar-refractivity contribution in [2.24, 2.45) is 4.99 Å². The highest BCUT2D eigenvalue weighted by Gasteiger charge is 2.06. The fraction of sp³-hybridized carbons (Fsp3) is 0.619. The van der Waals surface area contributed by atoms with Crippen LogP contribution in [0.1, 0.15) is 43.7 Å². The van der Waals surface area contributed by atoms with Crippen molar-refractivity contribution in [2.75, 3.05) is 40.5 Å². The summed E-state index contributed by atoms with van der Waals surface area (Å²) in [4.78, 5) is 15.8. The number of rotatable bonds is 13. The molecule has 0 radical (unpaired) electrons. The molecule has 8 heteroatoms. The molecule has 1 aromatic carbocycles. The summed E-state index contributed by atoms with van der Waals surface area (Å²) in [5.41, 5.74) is 2.20. The van der Waals surface area contributed by atoms with Crippen LogP contribution in [0, 0.1) is 6.92 Å². The van der Waals surface area contributed by atoms with Crippen LogP contribution < -0.4 is 15.4 Å². The van der Waals surface area contributed by atoms with Gasteiger partial charge >= 0.3 is 5.97 Å². The molecule has 0 saturated carbocycles. The van der Waals surface area contributed by atoms with Crippen molar-refractivity contribution in [1.82, 2.24) is 10.6 Å². The molecule has 1 aromatic rings. The van der Waals surface area contributed by atoms with E-state index in [1.807, 2.05) is 13.0 Å². The standard InChI is InChI=1S/C21H35N3O4.HI/c1-5-22-21(23-12-7-6-9-20(25)27-4)24-16-18-11-10-17(2)15-19(18)28-14-8-13-26-3;/h10-11,15H,5-9,12-14,16H2,1-4H3,(H2,22,23,24);1H. The SMILES string of the molecule is CCNC(=NCc1ccc(C)cc1OCCCOC)NCCCCC(=O)OC.I. The molecule has 1 rings (SSSR count). The second-order valence-electron chi connectivity index (χ2n) is 6.46. The summed E-state index contributed by atoms with van der Waals surface area (Å²) in [7, 11) is 3.11. The lowest BCUT2D eigenvalue weighted by Gasteiger charge is -2.13. The molecule has 29 heavy (non-hydrogen) atoms. The molecule has 0 bridgehead atoms. The van der Waals surface area contributed by atoms with Gasteiger partial charge in [-0.2, -0.15) is 0 Å². The molecule has 0 aliphatic rings. The molecule has 0 unspecified atom stereocenters. The minimum Gasteiger partial charge on any atom is -0.493 e. The number of carbonyl (C=O) groups is 1. The summed E-state index contributed by atoms with van der Waals surface area (Å²) in [6.45, 7) is 7.44. The average Bonchev–Trinajstić information content (AvgIpc) is 2.69. The molecule has 0 aromatic heterocycles. The van der Waals surface area contributed by atoms with Gasteiger partial charge in [-0.25, -0.2) is 4.99 Å². The van der Waals surface area contributed by atoms with E-state index in [0.717, 1.165) is 55.2 Å². The molecular weight excluding hydrogens is 485 g/mol. The van der Waals surface area contributed by atoms with Gasteiger partial charge in [-0.1, -0.05) is 12.1 Å². The normalized spacial score (nSPS) is 10.8. The zero-order chi connectivity index (χ0) is 20.6. The lowest BCUT2D eigenvalue weighted by Crippen LogP contribution is -2.37. The van der Waals surface area contributed by atoms with Crippen molar-refractivity contribution in [2.45, 2.75) is 46.1 Å². The number of carbonyl (C=O) groups excluding carboxylic acids is 1. The highest BCUT2D eigenvalue weighted by molar-refractivity contribution is 14.0. The van der Waals surface area contributed by atoms with Gasteiger partial charge in [0, 0.05) is 45.2 Å². The smallest absolute Gasteiger partial charge is 0.305 e. The zero-order valence-corrected chi connectivity index (χ0v) is 20.4. The first-order valence-electron chi connectivity index (χ1n) is 9.91. The molecule has 0 heterocycles. The number of benzene rings is 1. The largest absolute Gasteiger partial charge is 0.493 e. The van der Waals surface area contributed by atoms with Crippen LogP contribution in [0.25, 0.3) is 0 Å². The molecule has 0 spiro atoms. The Morgan fingerprint density at radius 3 is 2.59 bits per heavy atom. The molecule has 0 aliphatic heterocycles. The maximum absolute atomic E-state index is 11.1. The predicted octanol–water partition coefficient (Wildman–Crippen LogP) is 3.43. The molecule has 0 saturated heterocycles. The molecule has 0 atom stereocenters. The van der Waals surface area contributed by atoms with Gasteiger partial charge in [0.05, 0.1) is 20.3 Å². The van der Waals surface area contributed by atoms with Crippen LogP contribution in [0.2, 0.25) is 0 Å². The second kappa shape index (κ2) is 17.3. The Morgan fingerprint density at radius 1 is 1.10 bits per heavy atom. The Bertz CT molecular complexity index is 612. The predicted molar refractivity (Wildman–Crippen MR) is 127 cm³/mol. The summed E-state index contributed by atoms with van der Waals surface area (Å²) in [5, 5.41) is 6.55. The summed E-state index contributed by atoms with van der Waals surface area (Å²) in [6.07, 6.45) is 2.95. The highest BCUT2D eigenvalue weighted by Crippen LogP contribution is 2.21. The van der Waals surface area contributed by atoms with E-state index in [2.05, 4.69) is 39.4 Å². The molecule has 166 valence electrons. The second-order valence-corrected chi connectivity index (χ2v) is 6.46. The summed E-state index contributed by atoms with van der Waals surface area (Å²) >= 11 is 0. The minimum atomic E-state index is -0.169. The first kappa shape index (κ1) is 27.5. The number of ether oxygens (including phenoxy) is 3. The van der Waals surface area contributed by atoms with Crippen molar-refractivity contribution in [3.8, 4) is 5.75 Å². The first-order chi connectivity index (χ1) is 13.6. The fourth-order valence-corrected chi connectivity index (χ4v) is 2.52. The van der Waals surface area contributed by atoms with Crippen molar-refractivity contribution < 1.29 is 19.0 Å². The van der Waals surface area contributed by atoms with Gasteiger partial charge < -0.3 is 24.8 Å². The quantitative estimate of drug-likeness (QED) is 0.136. The highest BCUT2D eigenvalue weighted by atomic mass is 127. The molecule has 0 aliphatic carbocycles. The number of methoxy groups -OCH3 is 2. The number of esters is 1. The van der Waals surface area contributed by atoms with Crippen LogP contribution in [-0.2, 0) is 20.8 Å². The van der Waals surface area contributed by atoms with Crippen LogP contribution in [0.15, 0.2) is 23.2 Å². The lowest BCUT2D eigenvalue weighted by atomic mass is 10.1. The number of aryl methyl sites for hydroxylation is 1. The van der Waals surface area contributed by atoms with Crippen molar-refractivity contribution in [1.29, 1.82) is 0 Å². The van der Waals surface area contributed by atoms with E-state index in [1.165, 1.54) is 7.11 Å². The van der Waals surface area contributed by atoms with E-state index in [0.29, 0.717) is 26.2 Å². The molecule has 0 amide bonds. The van der Waals surface area contributed by atoms with Crippen LogP contribution in [0.3, 0.4) is 0 Å². The van der Waals surface area contributed by atoms with E-state index < -0.39 is 0 Å². The maximum atomic E-state index is 11.1. The molecule has 0 fully saturated rings. The number of nitrogens with zero attached hydrogens (tertiary/aromatic N) is 1. The van der Waals surface area contributed by atoms with E-state index >= 15 is 0 Å². The van der Waals surface area contributed by atoms with Crippen LogP contribution in [-0.4, -0.2) is 52.5 Å². The molecular formula is C21H36IN3O4. The van der Waals surface area contributed by atoms with Crippen molar-refractivity contribution in [3.63, 3.8) is 0 Å². The summed E-state index contributed by atoms with van der Waals surface area (Å²) in [5.74, 6) is 1.46. The lowest BCUT2D eigenvalue weighted by molar-refractivity contribution is -0.140. The Hall–Kier alpha value is -1.55. The topological polar surface area (TPSA) is 81.2 Å². The monoisotopic (exact) mass is 521 g/mol. The van der Waals surface area contributed by atoms with Crippen LogP contribution >= 0.6 is 24.0 Å². The van der Waals surface area contributed by atoms with E-state index in [9.17, 15) is 4.79 Å². The Kier molecular flexibility index (Phi) is 16.4. The van der Waals surface area contributed by atoms with Gasteiger partial charge in [0.2, 0.25) is 0 Å². The van der Waals surface area contributed by atoms with Crippen molar-refractivity contribution >= 4 is 35.9 Å². The maximum Gasteiger partial charge on any atom is 0.305 e. The minimum absolute atomic E-state index is 0. The average molecular weight is 521 g/mol. The first-order valence-corrected chi connectivity index (χ1v) is 9.91. The van der Waals surface area contributed by atoms with Gasteiger partial charge in [0.1, 0.15) is 5.75 Å². The van der Waals surface area contributed by atoms with E-state index in [-0.39, 0.29) is 29.9 Å². The number of unbranched alkanes of at least 4 members (excludes halogenated alkanes) is 1. The third-order valence-corrected chi connectivity index (χ3v) is 4.05. The Morgan fingerprint density at radius 2 is 1.90 bits per heavy atom. The zero-order valence-electron chi connectivity index (χ0n) is 18.1. The number of aliphatic imine (C=N–C) groups is 1. The van der Waals surface area contributed by atoms with Gasteiger partial charge in [-0.3, -0.25) is 4.79 Å². The van der Waals surface area contributed by atoms with E-state index in [4.69, 9.17) is 9.47 Å². The Balaban J connectivity index is 0.00000784. The number of hydrogen-bond acceptors (Lipinski definition) is 5. The van der Waals surface area contributed by atoms with Gasteiger partial charge in [0.25, 0.3) is 0 Å². The molecule has 2 N–H and O–H groups in total. The summed E-state index contributed by atoms with van der Waals surface area (Å²) < 4.78 is 15.6. The third kappa shape index (κ3) is 12.6. The number of halogens is 1. The fourth-order valence-electron chi connectivity index (χ4n) is 2.52. The number of nitrogens with one attached hydrogen (secondary N) is 2.